The van der Waals surface area contributed by atoms with E-state index < -0.39 is 0 Å². The van der Waals surface area contributed by atoms with E-state index in [1.807, 2.05) is 0 Å². The van der Waals surface area contributed by atoms with Gasteiger partial charge in [-0.25, -0.2) is 0 Å². The Balaban J connectivity index is 1.89. The van der Waals surface area contributed by atoms with Crippen LogP contribution in [0.2, 0.25) is 0 Å². The maximum atomic E-state index is 9.46. The Morgan fingerprint density at radius 3 is 2.50 bits per heavy atom. The third-order valence-corrected chi connectivity index (χ3v) is 5.29. The van der Waals surface area contributed by atoms with E-state index in [-0.39, 0.29) is 0 Å². The lowest BCUT2D eigenvalue weighted by Gasteiger charge is -2.35. The minimum atomic E-state index is 0.390. The third-order valence-electron chi connectivity index (χ3n) is 5.29. The van der Waals surface area contributed by atoms with Crippen molar-refractivity contribution in [2.45, 2.75) is 25.7 Å². The standard InChI is InChI=1S/C13H20O/c1-2-8-11-6-12(13(8)7-14)10-5-3-4-9(10)11/h2,8-14H,1,3-7H2. The van der Waals surface area contributed by atoms with Gasteiger partial charge < -0.3 is 5.11 Å². The number of aliphatic hydroxyl groups excluding tert-OH is 1. The summed E-state index contributed by atoms with van der Waals surface area (Å²) in [6.07, 6.45) is 7.84. The van der Waals surface area contributed by atoms with Gasteiger partial charge in [0, 0.05) is 6.61 Å². The summed E-state index contributed by atoms with van der Waals surface area (Å²) < 4.78 is 0. The van der Waals surface area contributed by atoms with E-state index in [4.69, 9.17) is 0 Å². The van der Waals surface area contributed by atoms with Crippen LogP contribution in [-0.4, -0.2) is 11.7 Å². The molecule has 0 amide bonds. The minimum Gasteiger partial charge on any atom is -0.396 e. The summed E-state index contributed by atoms with van der Waals surface area (Å²) >= 11 is 0. The Labute approximate surface area is 86.2 Å². The lowest BCUT2D eigenvalue weighted by molar-refractivity contribution is 0.0879. The second-order valence-corrected chi connectivity index (χ2v) is 5.48. The summed E-state index contributed by atoms with van der Waals surface area (Å²) in [5, 5.41) is 9.46. The van der Waals surface area contributed by atoms with Gasteiger partial charge in [0.1, 0.15) is 0 Å². The lowest BCUT2D eigenvalue weighted by atomic mass is 9.70. The van der Waals surface area contributed by atoms with Crippen molar-refractivity contribution in [1.29, 1.82) is 0 Å². The first-order chi connectivity index (χ1) is 6.86. The number of rotatable bonds is 2. The monoisotopic (exact) mass is 192 g/mol. The van der Waals surface area contributed by atoms with Crippen LogP contribution in [0.4, 0.5) is 0 Å². The Hall–Kier alpha value is -0.300. The Morgan fingerprint density at radius 1 is 1.14 bits per heavy atom. The van der Waals surface area contributed by atoms with Gasteiger partial charge in [-0.1, -0.05) is 12.5 Å². The maximum Gasteiger partial charge on any atom is 0.0467 e. The highest BCUT2D eigenvalue weighted by Gasteiger charge is 2.57. The van der Waals surface area contributed by atoms with Crippen molar-refractivity contribution in [3.05, 3.63) is 12.7 Å². The van der Waals surface area contributed by atoms with Crippen LogP contribution in [0, 0.1) is 35.5 Å². The second-order valence-electron chi connectivity index (χ2n) is 5.48. The predicted octanol–water partition coefficient (Wildman–Crippen LogP) is 2.46. The van der Waals surface area contributed by atoms with Crippen LogP contribution in [0.1, 0.15) is 25.7 Å². The fourth-order valence-electron chi connectivity index (χ4n) is 4.89. The molecule has 3 aliphatic rings. The molecule has 0 heterocycles. The molecule has 0 aliphatic heterocycles. The molecule has 0 saturated heterocycles. The molecule has 2 bridgehead atoms. The molecule has 78 valence electrons. The van der Waals surface area contributed by atoms with Gasteiger partial charge in [-0.2, -0.15) is 0 Å². The summed E-state index contributed by atoms with van der Waals surface area (Å²) in [5.41, 5.74) is 0. The number of fused-ring (bicyclic) bond motifs is 5. The van der Waals surface area contributed by atoms with E-state index in [1.54, 1.807) is 0 Å². The SMILES string of the molecule is C=CC1C2CC(C1CO)C1CCCC21. The molecule has 6 atom stereocenters. The fourth-order valence-corrected chi connectivity index (χ4v) is 4.89. The van der Waals surface area contributed by atoms with Crippen molar-refractivity contribution in [2.24, 2.45) is 35.5 Å². The minimum absolute atomic E-state index is 0.390. The van der Waals surface area contributed by atoms with Gasteiger partial charge in [-0.3, -0.25) is 0 Å². The molecule has 1 N–H and O–H groups in total. The van der Waals surface area contributed by atoms with E-state index in [0.717, 1.165) is 23.7 Å². The van der Waals surface area contributed by atoms with Gasteiger partial charge in [-0.05, 0) is 54.8 Å². The van der Waals surface area contributed by atoms with Crippen LogP contribution in [0.25, 0.3) is 0 Å². The lowest BCUT2D eigenvalue weighted by Crippen LogP contribution is -2.33. The number of hydrogen-bond acceptors (Lipinski definition) is 1. The first-order valence-electron chi connectivity index (χ1n) is 6.10. The van der Waals surface area contributed by atoms with Crippen LogP contribution in [0.5, 0.6) is 0 Å². The molecule has 0 aromatic heterocycles. The average molecular weight is 192 g/mol. The highest BCUT2D eigenvalue weighted by atomic mass is 16.3. The summed E-state index contributed by atoms with van der Waals surface area (Å²) in [6, 6.07) is 0. The largest absolute Gasteiger partial charge is 0.396 e. The molecule has 0 aromatic carbocycles. The van der Waals surface area contributed by atoms with Crippen LogP contribution in [0.3, 0.4) is 0 Å². The quantitative estimate of drug-likeness (QED) is 0.666. The van der Waals surface area contributed by atoms with E-state index >= 15 is 0 Å². The van der Waals surface area contributed by atoms with Crippen molar-refractivity contribution < 1.29 is 5.11 Å². The van der Waals surface area contributed by atoms with Crippen LogP contribution < -0.4 is 0 Å². The van der Waals surface area contributed by atoms with Gasteiger partial charge in [0.2, 0.25) is 0 Å². The number of aliphatic hydroxyl groups is 1. The topological polar surface area (TPSA) is 20.2 Å². The zero-order valence-electron chi connectivity index (χ0n) is 8.73. The van der Waals surface area contributed by atoms with Gasteiger partial charge in [0.25, 0.3) is 0 Å². The zero-order chi connectivity index (χ0) is 9.71. The molecule has 1 nitrogen and oxygen atoms in total. The number of allylic oxidation sites excluding steroid dienone is 1. The Morgan fingerprint density at radius 2 is 1.86 bits per heavy atom. The van der Waals surface area contributed by atoms with Crippen molar-refractivity contribution in [3.63, 3.8) is 0 Å². The molecular weight excluding hydrogens is 172 g/mol. The van der Waals surface area contributed by atoms with Gasteiger partial charge in [0.05, 0.1) is 0 Å². The van der Waals surface area contributed by atoms with Crippen LogP contribution in [0.15, 0.2) is 12.7 Å². The number of hydrogen-bond donors (Lipinski definition) is 1. The molecule has 0 aromatic rings. The van der Waals surface area contributed by atoms with Crippen molar-refractivity contribution in [2.75, 3.05) is 6.61 Å². The summed E-state index contributed by atoms with van der Waals surface area (Å²) in [7, 11) is 0. The summed E-state index contributed by atoms with van der Waals surface area (Å²) in [6.45, 7) is 4.35. The fraction of sp³-hybridized carbons (Fsp3) is 0.846. The Kier molecular flexibility index (Phi) is 1.98. The molecule has 3 aliphatic carbocycles. The second kappa shape index (κ2) is 3.10. The molecule has 14 heavy (non-hydrogen) atoms. The average Bonchev–Trinajstić information content (AvgIpc) is 2.86. The molecule has 3 saturated carbocycles. The molecule has 1 heteroatoms. The van der Waals surface area contributed by atoms with E-state index in [9.17, 15) is 5.11 Å². The first kappa shape index (κ1) is 8.96. The molecular formula is C13H20O. The van der Waals surface area contributed by atoms with Gasteiger partial charge in [-0.15, -0.1) is 6.58 Å². The van der Waals surface area contributed by atoms with E-state index in [2.05, 4.69) is 12.7 Å². The normalized spacial score (nSPS) is 54.9. The van der Waals surface area contributed by atoms with Crippen molar-refractivity contribution in [3.8, 4) is 0 Å². The summed E-state index contributed by atoms with van der Waals surface area (Å²) in [4.78, 5) is 0. The Bertz CT molecular complexity index is 248. The molecule has 0 spiro atoms. The smallest absolute Gasteiger partial charge is 0.0467 e. The van der Waals surface area contributed by atoms with Crippen molar-refractivity contribution in [1.82, 2.24) is 0 Å². The highest BCUT2D eigenvalue weighted by Crippen LogP contribution is 2.63. The zero-order valence-corrected chi connectivity index (χ0v) is 8.73. The molecule has 6 unspecified atom stereocenters. The highest BCUT2D eigenvalue weighted by molar-refractivity contribution is 5.10. The van der Waals surface area contributed by atoms with E-state index in [0.29, 0.717) is 18.4 Å². The van der Waals surface area contributed by atoms with Crippen LogP contribution in [-0.2, 0) is 0 Å². The maximum absolute atomic E-state index is 9.46. The third kappa shape index (κ3) is 0.942. The van der Waals surface area contributed by atoms with Crippen molar-refractivity contribution >= 4 is 0 Å². The van der Waals surface area contributed by atoms with Crippen LogP contribution >= 0.6 is 0 Å². The first-order valence-corrected chi connectivity index (χ1v) is 6.10. The predicted molar refractivity (Wildman–Crippen MR) is 56.7 cm³/mol. The van der Waals surface area contributed by atoms with E-state index in [1.165, 1.54) is 25.7 Å². The van der Waals surface area contributed by atoms with Gasteiger partial charge in [0.15, 0.2) is 0 Å². The molecule has 3 fully saturated rings. The molecule has 3 rings (SSSR count). The summed E-state index contributed by atoms with van der Waals surface area (Å²) in [5.74, 6) is 4.85. The van der Waals surface area contributed by atoms with Gasteiger partial charge >= 0.3 is 0 Å². The molecule has 0 radical (unpaired) electrons.